The molecule has 1 saturated carbocycles. The second kappa shape index (κ2) is 5.04. The summed E-state index contributed by atoms with van der Waals surface area (Å²) >= 11 is 0. The predicted octanol–water partition coefficient (Wildman–Crippen LogP) is 2.01. The van der Waals surface area contributed by atoms with E-state index in [1.165, 1.54) is 5.06 Å². The molecule has 0 unspecified atom stereocenters. The van der Waals surface area contributed by atoms with Crippen LogP contribution in [0.25, 0.3) is 0 Å². The van der Waals surface area contributed by atoms with Crippen LogP contribution in [0.2, 0.25) is 0 Å². The van der Waals surface area contributed by atoms with Crippen LogP contribution in [-0.4, -0.2) is 37.8 Å². The van der Waals surface area contributed by atoms with E-state index < -0.39 is 5.41 Å². The van der Waals surface area contributed by atoms with Crippen molar-refractivity contribution in [1.82, 2.24) is 5.32 Å². The second-order valence-electron chi connectivity index (χ2n) is 7.65. The van der Waals surface area contributed by atoms with Crippen molar-refractivity contribution in [3.05, 3.63) is 29.8 Å². The van der Waals surface area contributed by atoms with Crippen LogP contribution in [-0.2, 0) is 19.8 Å². The van der Waals surface area contributed by atoms with Crippen LogP contribution in [0.5, 0.6) is 0 Å². The maximum atomic E-state index is 13.4. The third-order valence-electron chi connectivity index (χ3n) is 6.87. The Kier molecular flexibility index (Phi) is 3.12. The SMILES string of the molecule is CC[C@H]1N[C@H]2C[C@@]3(C(=O)N(OC)c4ccccc43)[C@H]3C[C@H]1[C@H]2CO3. The van der Waals surface area contributed by atoms with Crippen LogP contribution >= 0.6 is 0 Å². The highest BCUT2D eigenvalue weighted by atomic mass is 16.7. The smallest absolute Gasteiger partial charge is 0.264 e. The number of nitrogens with one attached hydrogen (secondary N) is 1. The van der Waals surface area contributed by atoms with Crippen LogP contribution in [0.15, 0.2) is 24.3 Å². The van der Waals surface area contributed by atoms with E-state index in [0.717, 1.165) is 37.1 Å². The summed E-state index contributed by atoms with van der Waals surface area (Å²) in [4.78, 5) is 18.9. The molecule has 4 fully saturated rings. The Hall–Kier alpha value is -1.43. The maximum Gasteiger partial charge on any atom is 0.264 e. The highest BCUT2D eigenvalue weighted by molar-refractivity contribution is 6.07. The lowest BCUT2D eigenvalue weighted by molar-refractivity contribution is -0.138. The monoisotopic (exact) mass is 328 g/mol. The van der Waals surface area contributed by atoms with E-state index in [-0.39, 0.29) is 12.0 Å². The maximum absolute atomic E-state index is 13.4. The van der Waals surface area contributed by atoms with Crippen LogP contribution in [0.4, 0.5) is 5.69 Å². The topological polar surface area (TPSA) is 50.8 Å². The highest BCUT2D eigenvalue weighted by Gasteiger charge is 2.64. The van der Waals surface area contributed by atoms with Gasteiger partial charge in [-0.25, -0.2) is 0 Å². The third-order valence-corrected chi connectivity index (χ3v) is 6.87. The molecule has 4 aliphatic heterocycles. The fraction of sp³-hybridized carbons (Fsp3) is 0.632. The lowest BCUT2D eigenvalue weighted by Crippen LogP contribution is -2.53. The predicted molar refractivity (Wildman–Crippen MR) is 89.6 cm³/mol. The van der Waals surface area contributed by atoms with Crippen LogP contribution in [0.1, 0.15) is 31.7 Å². The van der Waals surface area contributed by atoms with Gasteiger partial charge in [0.15, 0.2) is 0 Å². The summed E-state index contributed by atoms with van der Waals surface area (Å²) in [5.74, 6) is 1.19. The number of amides is 1. The molecule has 5 aliphatic rings. The largest absolute Gasteiger partial charge is 0.376 e. The molecule has 4 bridgehead atoms. The summed E-state index contributed by atoms with van der Waals surface area (Å²) in [6.45, 7) is 3.02. The molecule has 24 heavy (non-hydrogen) atoms. The fourth-order valence-electron chi connectivity index (χ4n) is 5.82. The molecule has 1 amide bonds. The molecule has 6 rings (SSSR count). The summed E-state index contributed by atoms with van der Waals surface area (Å²) < 4.78 is 6.29. The zero-order chi connectivity index (χ0) is 16.5. The molecule has 3 saturated heterocycles. The average Bonchev–Trinajstić information content (AvgIpc) is 2.96. The van der Waals surface area contributed by atoms with E-state index in [1.807, 2.05) is 18.2 Å². The van der Waals surface area contributed by atoms with Crippen LogP contribution < -0.4 is 10.4 Å². The number of hydrogen-bond acceptors (Lipinski definition) is 4. The number of nitrogens with zero attached hydrogens (tertiary/aromatic N) is 1. The van der Waals surface area contributed by atoms with E-state index in [4.69, 9.17) is 9.57 Å². The summed E-state index contributed by atoms with van der Waals surface area (Å²) in [6, 6.07) is 8.95. The number of carbonyl (C=O) groups is 1. The van der Waals surface area contributed by atoms with Gasteiger partial charge in [-0.1, -0.05) is 25.1 Å². The molecule has 128 valence electrons. The molecule has 5 heteroatoms. The molecular weight excluding hydrogens is 304 g/mol. The van der Waals surface area contributed by atoms with Crippen molar-refractivity contribution in [3.8, 4) is 0 Å². The van der Waals surface area contributed by atoms with Gasteiger partial charge in [-0.2, -0.15) is 5.06 Å². The molecular formula is C19H24N2O3. The molecule has 6 atom stereocenters. The van der Waals surface area contributed by atoms with E-state index >= 15 is 0 Å². The normalized spacial score (nSPS) is 42.7. The highest BCUT2D eigenvalue weighted by Crippen LogP contribution is 2.56. The Balaban J connectivity index is 1.66. The number of hydroxylamine groups is 1. The first-order valence-electron chi connectivity index (χ1n) is 9.06. The van der Waals surface area contributed by atoms with E-state index in [1.54, 1.807) is 7.11 Å². The van der Waals surface area contributed by atoms with Gasteiger partial charge in [0, 0.05) is 18.0 Å². The van der Waals surface area contributed by atoms with Crippen LogP contribution in [0, 0.1) is 11.8 Å². The first-order chi connectivity index (χ1) is 11.7. The van der Waals surface area contributed by atoms with Crippen molar-refractivity contribution in [2.24, 2.45) is 11.8 Å². The Morgan fingerprint density at radius 2 is 2.21 bits per heavy atom. The van der Waals surface area contributed by atoms with Gasteiger partial charge < -0.3 is 10.1 Å². The van der Waals surface area contributed by atoms with Crippen molar-refractivity contribution in [2.45, 2.75) is 49.8 Å². The van der Waals surface area contributed by atoms with Gasteiger partial charge in [-0.05, 0) is 36.8 Å². The standard InChI is InChI=1S/C19H24N2O3/c1-3-14-11-8-17-19(9-15(20-14)12(11)10-24-17)13-6-4-5-7-16(13)21(23-2)18(19)22/h4-7,11-12,14-15,17,20H,3,8-10H2,1-2H3/t11-,12+,14+,15-,17+,19-/m0/s1. The first kappa shape index (κ1) is 14.9. The van der Waals surface area contributed by atoms with Crippen LogP contribution in [0.3, 0.4) is 0 Å². The number of anilines is 1. The summed E-state index contributed by atoms with van der Waals surface area (Å²) in [7, 11) is 1.57. The van der Waals surface area contributed by atoms with Crippen molar-refractivity contribution < 1.29 is 14.4 Å². The van der Waals surface area contributed by atoms with Gasteiger partial charge in [-0.3, -0.25) is 9.63 Å². The summed E-state index contributed by atoms with van der Waals surface area (Å²) in [5, 5.41) is 5.29. The van der Waals surface area contributed by atoms with Crippen molar-refractivity contribution >= 4 is 11.6 Å². The number of ether oxygens (including phenoxy) is 1. The van der Waals surface area contributed by atoms with Gasteiger partial charge in [-0.15, -0.1) is 0 Å². The number of fused-ring (bicyclic) bond motifs is 2. The van der Waals surface area contributed by atoms with Gasteiger partial charge >= 0.3 is 0 Å². The van der Waals surface area contributed by atoms with E-state index in [9.17, 15) is 4.79 Å². The third kappa shape index (κ3) is 1.63. The van der Waals surface area contributed by atoms with Crippen molar-refractivity contribution in [1.29, 1.82) is 0 Å². The van der Waals surface area contributed by atoms with Gasteiger partial charge in [0.25, 0.3) is 5.91 Å². The van der Waals surface area contributed by atoms with Gasteiger partial charge in [0.2, 0.25) is 0 Å². The van der Waals surface area contributed by atoms with Gasteiger partial charge in [0.1, 0.15) is 5.41 Å². The zero-order valence-electron chi connectivity index (χ0n) is 14.2. The molecule has 1 aromatic rings. The van der Waals surface area contributed by atoms with Crippen molar-refractivity contribution in [2.75, 3.05) is 18.8 Å². The molecule has 0 aromatic heterocycles. The molecule has 1 spiro atoms. The minimum absolute atomic E-state index is 0.0410. The minimum Gasteiger partial charge on any atom is -0.376 e. The molecule has 4 heterocycles. The number of rotatable bonds is 2. The average molecular weight is 328 g/mol. The number of para-hydroxylation sites is 1. The number of benzene rings is 1. The Bertz CT molecular complexity index is 693. The fourth-order valence-corrected chi connectivity index (χ4v) is 5.82. The Labute approximate surface area is 142 Å². The minimum atomic E-state index is -0.605. The van der Waals surface area contributed by atoms with E-state index in [2.05, 4.69) is 18.3 Å². The molecule has 1 N–H and O–H groups in total. The van der Waals surface area contributed by atoms with Crippen molar-refractivity contribution in [3.63, 3.8) is 0 Å². The first-order valence-corrected chi connectivity index (χ1v) is 9.06. The number of hydrogen-bond donors (Lipinski definition) is 1. The second-order valence-corrected chi connectivity index (χ2v) is 7.65. The van der Waals surface area contributed by atoms with Gasteiger partial charge in [0.05, 0.1) is 25.5 Å². The quantitative estimate of drug-likeness (QED) is 0.902. The Morgan fingerprint density at radius 1 is 1.38 bits per heavy atom. The molecule has 0 radical (unpaired) electrons. The van der Waals surface area contributed by atoms with E-state index in [0.29, 0.717) is 23.9 Å². The zero-order valence-corrected chi connectivity index (χ0v) is 14.2. The Morgan fingerprint density at radius 3 is 3.00 bits per heavy atom. The lowest BCUT2D eigenvalue weighted by Gasteiger charge is -2.40. The summed E-state index contributed by atoms with van der Waals surface area (Å²) in [5.41, 5.74) is 1.35. The lowest BCUT2D eigenvalue weighted by atomic mass is 9.71. The molecule has 1 aliphatic carbocycles. The number of carbonyl (C=O) groups excluding carboxylic acids is 1. The molecule has 5 nitrogen and oxygen atoms in total. The molecule has 1 aromatic carbocycles. The summed E-state index contributed by atoms with van der Waals surface area (Å²) in [6.07, 6.45) is 2.87.